The van der Waals surface area contributed by atoms with E-state index < -0.39 is 0 Å². The molecule has 0 aliphatic carbocycles. The number of benzene rings is 2. The molecule has 2 N–H and O–H groups in total. The van der Waals surface area contributed by atoms with Gasteiger partial charge >= 0.3 is 0 Å². The first-order valence-electron chi connectivity index (χ1n) is 6.27. The Bertz CT molecular complexity index is 758. The number of rotatable bonds is 3. The van der Waals surface area contributed by atoms with Crippen molar-refractivity contribution in [2.45, 2.75) is 6.54 Å². The van der Waals surface area contributed by atoms with Gasteiger partial charge in [-0.25, -0.2) is 0 Å². The number of pyridine rings is 1. The van der Waals surface area contributed by atoms with Crippen LogP contribution in [0, 0.1) is 0 Å². The molecule has 1 heterocycles. The van der Waals surface area contributed by atoms with Gasteiger partial charge in [0, 0.05) is 22.5 Å². The van der Waals surface area contributed by atoms with Gasteiger partial charge in [0.15, 0.2) is 0 Å². The minimum Gasteiger partial charge on any atom is -0.455 e. The third-order valence-electron chi connectivity index (χ3n) is 3.04. The van der Waals surface area contributed by atoms with Crippen LogP contribution in [0.2, 0.25) is 5.02 Å². The molecule has 20 heavy (non-hydrogen) atoms. The van der Waals surface area contributed by atoms with Gasteiger partial charge in [0.1, 0.15) is 11.5 Å². The molecule has 0 aliphatic rings. The third-order valence-corrected chi connectivity index (χ3v) is 3.27. The van der Waals surface area contributed by atoms with Crippen LogP contribution in [-0.4, -0.2) is 4.98 Å². The van der Waals surface area contributed by atoms with E-state index in [2.05, 4.69) is 4.98 Å². The Labute approximate surface area is 122 Å². The van der Waals surface area contributed by atoms with Gasteiger partial charge in [-0.1, -0.05) is 29.8 Å². The SMILES string of the molecule is NCc1cc(Cl)ccc1Oc1cnc2ccccc2c1. The average molecular weight is 285 g/mol. The third kappa shape index (κ3) is 2.59. The molecule has 0 aliphatic heterocycles. The zero-order chi connectivity index (χ0) is 13.9. The van der Waals surface area contributed by atoms with Crippen molar-refractivity contribution < 1.29 is 4.74 Å². The summed E-state index contributed by atoms with van der Waals surface area (Å²) in [4.78, 5) is 4.37. The van der Waals surface area contributed by atoms with Crippen LogP contribution >= 0.6 is 11.6 Å². The fraction of sp³-hybridized carbons (Fsp3) is 0.0625. The van der Waals surface area contributed by atoms with Gasteiger partial charge in [0.25, 0.3) is 0 Å². The topological polar surface area (TPSA) is 48.1 Å². The number of ether oxygens (including phenoxy) is 1. The summed E-state index contributed by atoms with van der Waals surface area (Å²) in [5.41, 5.74) is 7.52. The van der Waals surface area contributed by atoms with Gasteiger partial charge in [-0.05, 0) is 30.3 Å². The summed E-state index contributed by atoms with van der Waals surface area (Å²) in [5, 5.41) is 1.68. The number of hydrogen-bond acceptors (Lipinski definition) is 3. The van der Waals surface area contributed by atoms with Crippen molar-refractivity contribution >= 4 is 22.5 Å². The quantitative estimate of drug-likeness (QED) is 0.786. The van der Waals surface area contributed by atoms with Gasteiger partial charge in [0.2, 0.25) is 0 Å². The normalized spacial score (nSPS) is 10.7. The second-order valence-electron chi connectivity index (χ2n) is 4.42. The van der Waals surface area contributed by atoms with E-state index in [0.717, 1.165) is 16.5 Å². The Kier molecular flexibility index (Phi) is 3.54. The summed E-state index contributed by atoms with van der Waals surface area (Å²) < 4.78 is 5.86. The molecule has 0 radical (unpaired) electrons. The van der Waals surface area contributed by atoms with Crippen LogP contribution in [0.25, 0.3) is 10.9 Å². The molecular formula is C16H13ClN2O. The van der Waals surface area contributed by atoms with Gasteiger partial charge in [0.05, 0.1) is 11.7 Å². The zero-order valence-corrected chi connectivity index (χ0v) is 11.5. The van der Waals surface area contributed by atoms with E-state index in [4.69, 9.17) is 22.1 Å². The molecule has 0 fully saturated rings. The van der Waals surface area contributed by atoms with Crippen molar-refractivity contribution in [3.63, 3.8) is 0 Å². The van der Waals surface area contributed by atoms with Crippen molar-refractivity contribution in [2.24, 2.45) is 5.73 Å². The van der Waals surface area contributed by atoms with E-state index in [1.807, 2.05) is 42.5 Å². The highest BCUT2D eigenvalue weighted by Crippen LogP contribution is 2.28. The van der Waals surface area contributed by atoms with Crippen molar-refractivity contribution in [1.82, 2.24) is 4.98 Å². The Morgan fingerprint density at radius 2 is 1.95 bits per heavy atom. The Morgan fingerprint density at radius 1 is 1.10 bits per heavy atom. The second kappa shape index (κ2) is 5.49. The fourth-order valence-electron chi connectivity index (χ4n) is 2.04. The van der Waals surface area contributed by atoms with E-state index in [9.17, 15) is 0 Å². The minimum atomic E-state index is 0.372. The standard InChI is InChI=1S/C16H13ClN2O/c17-13-5-6-16(12(7-13)9-18)20-14-8-11-3-1-2-4-15(11)19-10-14/h1-8,10H,9,18H2. The van der Waals surface area contributed by atoms with Crippen molar-refractivity contribution in [1.29, 1.82) is 0 Å². The number of para-hydroxylation sites is 1. The van der Waals surface area contributed by atoms with Crippen molar-refractivity contribution in [3.8, 4) is 11.5 Å². The second-order valence-corrected chi connectivity index (χ2v) is 4.86. The van der Waals surface area contributed by atoms with E-state index in [-0.39, 0.29) is 0 Å². The number of halogens is 1. The lowest BCUT2D eigenvalue weighted by molar-refractivity contribution is 0.475. The van der Waals surface area contributed by atoms with E-state index in [1.165, 1.54) is 0 Å². The van der Waals surface area contributed by atoms with E-state index >= 15 is 0 Å². The lowest BCUT2D eigenvalue weighted by atomic mass is 10.2. The van der Waals surface area contributed by atoms with E-state index in [0.29, 0.717) is 23.1 Å². The Hall–Kier alpha value is -2.10. The van der Waals surface area contributed by atoms with Crippen LogP contribution in [0.1, 0.15) is 5.56 Å². The molecule has 4 heteroatoms. The summed E-state index contributed by atoms with van der Waals surface area (Å²) in [7, 11) is 0. The summed E-state index contributed by atoms with van der Waals surface area (Å²) in [6.45, 7) is 0.372. The summed E-state index contributed by atoms with van der Waals surface area (Å²) >= 11 is 5.95. The summed E-state index contributed by atoms with van der Waals surface area (Å²) in [6, 6.07) is 15.3. The highest BCUT2D eigenvalue weighted by molar-refractivity contribution is 6.30. The lowest BCUT2D eigenvalue weighted by Gasteiger charge is -2.10. The number of aromatic nitrogens is 1. The summed E-state index contributed by atoms with van der Waals surface area (Å²) in [5.74, 6) is 1.38. The highest BCUT2D eigenvalue weighted by Gasteiger charge is 2.06. The van der Waals surface area contributed by atoms with Crippen LogP contribution in [-0.2, 0) is 6.54 Å². The number of nitrogens with zero attached hydrogens (tertiary/aromatic N) is 1. The summed E-state index contributed by atoms with van der Waals surface area (Å²) in [6.07, 6.45) is 1.71. The molecule has 0 spiro atoms. The van der Waals surface area contributed by atoms with Crippen LogP contribution in [0.4, 0.5) is 0 Å². The average Bonchev–Trinajstić information content (AvgIpc) is 2.49. The zero-order valence-electron chi connectivity index (χ0n) is 10.7. The highest BCUT2D eigenvalue weighted by atomic mass is 35.5. The lowest BCUT2D eigenvalue weighted by Crippen LogP contribution is -1.99. The molecule has 100 valence electrons. The van der Waals surface area contributed by atoms with Crippen LogP contribution in [0.5, 0.6) is 11.5 Å². The predicted molar refractivity (Wildman–Crippen MR) is 81.2 cm³/mol. The van der Waals surface area contributed by atoms with Gasteiger partial charge < -0.3 is 10.5 Å². The minimum absolute atomic E-state index is 0.372. The molecule has 0 saturated carbocycles. The number of hydrogen-bond donors (Lipinski definition) is 1. The van der Waals surface area contributed by atoms with Crippen LogP contribution in [0.15, 0.2) is 54.7 Å². The molecule has 0 atom stereocenters. The van der Waals surface area contributed by atoms with Gasteiger partial charge in [-0.15, -0.1) is 0 Å². The maximum Gasteiger partial charge on any atom is 0.146 e. The molecule has 3 rings (SSSR count). The molecule has 0 saturated heterocycles. The first-order chi connectivity index (χ1) is 9.76. The molecule has 0 unspecified atom stereocenters. The maximum atomic E-state index is 5.95. The maximum absolute atomic E-state index is 5.95. The Morgan fingerprint density at radius 3 is 2.80 bits per heavy atom. The number of fused-ring (bicyclic) bond motifs is 1. The number of nitrogens with two attached hydrogens (primary N) is 1. The molecule has 1 aromatic heterocycles. The van der Waals surface area contributed by atoms with Crippen molar-refractivity contribution in [2.75, 3.05) is 0 Å². The van der Waals surface area contributed by atoms with Crippen molar-refractivity contribution in [3.05, 3.63) is 65.3 Å². The van der Waals surface area contributed by atoms with Gasteiger partial charge in [-0.3, -0.25) is 4.98 Å². The van der Waals surface area contributed by atoms with E-state index in [1.54, 1.807) is 12.3 Å². The molecule has 2 aromatic carbocycles. The Balaban J connectivity index is 1.96. The largest absolute Gasteiger partial charge is 0.455 e. The molecule has 0 amide bonds. The first-order valence-corrected chi connectivity index (χ1v) is 6.65. The monoisotopic (exact) mass is 284 g/mol. The predicted octanol–water partition coefficient (Wildman–Crippen LogP) is 4.14. The first kappa shape index (κ1) is 12.9. The molecular weight excluding hydrogens is 272 g/mol. The smallest absolute Gasteiger partial charge is 0.146 e. The van der Waals surface area contributed by atoms with Crippen LogP contribution < -0.4 is 10.5 Å². The van der Waals surface area contributed by atoms with Gasteiger partial charge in [-0.2, -0.15) is 0 Å². The fourth-order valence-corrected chi connectivity index (χ4v) is 2.24. The molecule has 3 aromatic rings. The van der Waals surface area contributed by atoms with Crippen LogP contribution in [0.3, 0.4) is 0 Å². The molecule has 0 bridgehead atoms. The molecule has 3 nitrogen and oxygen atoms in total.